The Bertz CT molecular complexity index is 840. The Morgan fingerprint density at radius 3 is 2.74 bits per heavy atom. The number of H-pyrrole nitrogens is 1. The second-order valence-electron chi connectivity index (χ2n) is 4.03. The summed E-state index contributed by atoms with van der Waals surface area (Å²) in [7, 11) is 0. The van der Waals surface area contributed by atoms with E-state index in [-0.39, 0.29) is 5.82 Å². The van der Waals surface area contributed by atoms with Gasteiger partial charge in [0.15, 0.2) is 4.77 Å². The average molecular weight is 449 g/mol. The summed E-state index contributed by atoms with van der Waals surface area (Å²) in [6.07, 6.45) is 0. The maximum atomic E-state index is 13.7. The van der Waals surface area contributed by atoms with Crippen molar-refractivity contribution in [1.29, 1.82) is 0 Å². The average Bonchev–Trinajstić information content (AvgIpc) is 2.68. The zero-order valence-electron chi connectivity index (χ0n) is 9.45. The highest BCUT2D eigenvalue weighted by atomic mass is 127. The predicted molar refractivity (Wildman–Crippen MR) is 88.8 cm³/mol. The number of fused-ring (bicyclic) bond motifs is 1. The summed E-state index contributed by atoms with van der Waals surface area (Å²) < 4.78 is 17.6. The number of imidazole rings is 1. The number of aromatic nitrogens is 2. The van der Waals surface area contributed by atoms with Gasteiger partial charge in [0.05, 0.1) is 21.2 Å². The lowest BCUT2D eigenvalue weighted by Gasteiger charge is -2.05. The van der Waals surface area contributed by atoms with E-state index in [1.54, 1.807) is 6.07 Å². The summed E-state index contributed by atoms with van der Waals surface area (Å²) in [5, 5.41) is 0. The van der Waals surface area contributed by atoms with Gasteiger partial charge in [-0.25, -0.2) is 4.39 Å². The number of hydrogen-bond acceptors (Lipinski definition) is 1. The van der Waals surface area contributed by atoms with Crippen LogP contribution >= 0.6 is 50.7 Å². The molecule has 0 radical (unpaired) electrons. The first-order valence-corrected chi connectivity index (χ1v) is 7.70. The highest BCUT2D eigenvalue weighted by Crippen LogP contribution is 2.24. The van der Waals surface area contributed by atoms with Gasteiger partial charge >= 0.3 is 0 Å². The second kappa shape index (κ2) is 4.99. The third kappa shape index (κ3) is 2.36. The molecule has 0 aliphatic carbocycles. The third-order valence-corrected chi connectivity index (χ3v) is 4.40. The zero-order valence-corrected chi connectivity index (χ0v) is 14.0. The van der Waals surface area contributed by atoms with Crippen LogP contribution in [0.15, 0.2) is 40.9 Å². The molecule has 6 heteroatoms. The van der Waals surface area contributed by atoms with Crippen LogP contribution in [0.2, 0.25) is 0 Å². The van der Waals surface area contributed by atoms with Crippen LogP contribution in [0.1, 0.15) is 0 Å². The zero-order chi connectivity index (χ0) is 13.6. The first kappa shape index (κ1) is 13.3. The van der Waals surface area contributed by atoms with E-state index in [9.17, 15) is 4.39 Å². The molecule has 1 heterocycles. The minimum Gasteiger partial charge on any atom is -0.330 e. The van der Waals surface area contributed by atoms with Crippen molar-refractivity contribution in [3.8, 4) is 5.69 Å². The summed E-state index contributed by atoms with van der Waals surface area (Å²) in [6, 6.07) is 11.0. The van der Waals surface area contributed by atoms with Gasteiger partial charge in [0.25, 0.3) is 0 Å². The van der Waals surface area contributed by atoms with Gasteiger partial charge in [-0.2, -0.15) is 0 Å². The molecular weight excluding hydrogens is 442 g/mol. The van der Waals surface area contributed by atoms with Gasteiger partial charge in [-0.05, 0) is 87.1 Å². The highest BCUT2D eigenvalue weighted by molar-refractivity contribution is 14.1. The Balaban J connectivity index is 2.32. The first-order chi connectivity index (χ1) is 9.06. The van der Waals surface area contributed by atoms with E-state index in [2.05, 4.69) is 43.5 Å². The van der Waals surface area contributed by atoms with Gasteiger partial charge in [-0.3, -0.25) is 4.57 Å². The highest BCUT2D eigenvalue weighted by Gasteiger charge is 2.08. The molecule has 0 saturated carbocycles. The van der Waals surface area contributed by atoms with Crippen molar-refractivity contribution in [2.24, 2.45) is 0 Å². The summed E-state index contributed by atoms with van der Waals surface area (Å²) in [5.41, 5.74) is 2.59. The monoisotopic (exact) mass is 448 g/mol. The Morgan fingerprint density at radius 1 is 1.21 bits per heavy atom. The lowest BCUT2D eigenvalue weighted by atomic mass is 10.3. The summed E-state index contributed by atoms with van der Waals surface area (Å²) >= 11 is 10.7. The number of nitrogens with zero attached hydrogens (tertiary/aromatic N) is 1. The molecule has 0 amide bonds. The van der Waals surface area contributed by atoms with Gasteiger partial charge in [0, 0.05) is 3.57 Å². The number of benzene rings is 2. The van der Waals surface area contributed by atoms with Gasteiger partial charge < -0.3 is 4.98 Å². The molecule has 96 valence electrons. The van der Waals surface area contributed by atoms with Gasteiger partial charge in [0.1, 0.15) is 5.82 Å². The van der Waals surface area contributed by atoms with Crippen LogP contribution in [0.3, 0.4) is 0 Å². The van der Waals surface area contributed by atoms with Crippen LogP contribution < -0.4 is 0 Å². The molecule has 0 atom stereocenters. The van der Waals surface area contributed by atoms with Crippen LogP contribution in [-0.4, -0.2) is 9.55 Å². The Labute approximate surface area is 135 Å². The third-order valence-electron chi connectivity index (χ3n) is 2.81. The Kier molecular flexibility index (Phi) is 3.48. The first-order valence-electron chi connectivity index (χ1n) is 5.42. The number of halogens is 3. The van der Waals surface area contributed by atoms with E-state index in [1.807, 2.05) is 28.8 Å². The fourth-order valence-corrected chi connectivity index (χ4v) is 3.02. The quantitative estimate of drug-likeness (QED) is 0.401. The van der Waals surface area contributed by atoms with Crippen LogP contribution in [0.4, 0.5) is 4.39 Å². The molecule has 2 nitrogen and oxygen atoms in total. The molecule has 0 saturated heterocycles. The minimum absolute atomic E-state index is 0.306. The van der Waals surface area contributed by atoms with Gasteiger partial charge in [0.2, 0.25) is 0 Å². The molecule has 3 rings (SSSR count). The number of nitrogens with one attached hydrogen (secondary N) is 1. The van der Waals surface area contributed by atoms with Crippen LogP contribution in [0.25, 0.3) is 16.7 Å². The normalized spacial score (nSPS) is 11.1. The summed E-state index contributed by atoms with van der Waals surface area (Å²) in [5.74, 6) is -0.306. The Morgan fingerprint density at radius 2 is 2.00 bits per heavy atom. The van der Waals surface area contributed by atoms with Crippen molar-refractivity contribution >= 4 is 61.8 Å². The molecule has 0 fully saturated rings. The van der Waals surface area contributed by atoms with Crippen LogP contribution in [0.5, 0.6) is 0 Å². The van der Waals surface area contributed by atoms with E-state index in [0.29, 0.717) is 14.9 Å². The largest absolute Gasteiger partial charge is 0.330 e. The van der Waals surface area contributed by atoms with Gasteiger partial charge in [-0.1, -0.05) is 0 Å². The fraction of sp³-hybridized carbons (Fsp3) is 0. The van der Waals surface area contributed by atoms with Crippen LogP contribution in [0, 0.1) is 14.2 Å². The SMILES string of the molecule is Fc1cc(-n2c(=S)[nH]c3cc(I)ccc32)ccc1Br. The molecular formula is C13H7BrFIN2S. The van der Waals surface area contributed by atoms with Crippen molar-refractivity contribution < 1.29 is 4.39 Å². The maximum Gasteiger partial charge on any atom is 0.182 e. The molecule has 1 N–H and O–H groups in total. The van der Waals surface area contributed by atoms with Crippen LogP contribution in [-0.2, 0) is 0 Å². The molecule has 1 aromatic heterocycles. The lowest BCUT2D eigenvalue weighted by molar-refractivity contribution is 0.620. The molecule has 0 bridgehead atoms. The maximum absolute atomic E-state index is 13.7. The molecule has 0 unspecified atom stereocenters. The Hall–Kier alpha value is -0.730. The van der Waals surface area contributed by atoms with E-state index >= 15 is 0 Å². The molecule has 3 aromatic rings. The van der Waals surface area contributed by atoms with E-state index in [1.165, 1.54) is 6.07 Å². The van der Waals surface area contributed by atoms with Crippen molar-refractivity contribution in [3.63, 3.8) is 0 Å². The second-order valence-corrected chi connectivity index (χ2v) is 6.51. The molecule has 0 spiro atoms. The summed E-state index contributed by atoms with van der Waals surface area (Å²) in [4.78, 5) is 3.14. The van der Waals surface area contributed by atoms with E-state index in [0.717, 1.165) is 14.6 Å². The van der Waals surface area contributed by atoms with Crippen molar-refractivity contribution in [3.05, 3.63) is 55.0 Å². The van der Waals surface area contributed by atoms with Gasteiger partial charge in [-0.15, -0.1) is 0 Å². The fourth-order valence-electron chi connectivity index (χ4n) is 1.96. The van der Waals surface area contributed by atoms with Crippen molar-refractivity contribution in [1.82, 2.24) is 9.55 Å². The minimum atomic E-state index is -0.306. The topological polar surface area (TPSA) is 20.7 Å². The van der Waals surface area contributed by atoms with Crippen molar-refractivity contribution in [2.45, 2.75) is 0 Å². The smallest absolute Gasteiger partial charge is 0.182 e. The lowest BCUT2D eigenvalue weighted by Crippen LogP contribution is -1.95. The number of aromatic amines is 1. The molecule has 0 aliphatic heterocycles. The predicted octanol–water partition coefficient (Wildman–Crippen LogP) is 5.19. The van der Waals surface area contributed by atoms with E-state index in [4.69, 9.17) is 12.2 Å². The standard InChI is InChI=1S/C13H7BrFIN2S/c14-9-3-2-8(6-10(9)15)18-12-4-1-7(16)5-11(12)17-13(18)19/h1-6H,(H,17,19). The number of rotatable bonds is 1. The van der Waals surface area contributed by atoms with E-state index < -0.39 is 0 Å². The number of hydrogen-bond donors (Lipinski definition) is 1. The molecule has 0 aliphatic rings. The van der Waals surface area contributed by atoms with Crippen molar-refractivity contribution in [2.75, 3.05) is 0 Å². The molecule has 19 heavy (non-hydrogen) atoms. The summed E-state index contributed by atoms with van der Waals surface area (Å²) in [6.45, 7) is 0. The molecule has 2 aromatic carbocycles.